The van der Waals surface area contributed by atoms with Crippen molar-refractivity contribution < 1.29 is 24.3 Å². The van der Waals surface area contributed by atoms with Gasteiger partial charge in [-0.3, -0.25) is 14.4 Å². The van der Waals surface area contributed by atoms with Gasteiger partial charge in [-0.25, -0.2) is 14.8 Å². The van der Waals surface area contributed by atoms with Gasteiger partial charge in [0.05, 0.1) is 23.0 Å². The van der Waals surface area contributed by atoms with E-state index >= 15 is 0 Å². The van der Waals surface area contributed by atoms with E-state index in [1.165, 1.54) is 24.3 Å². The van der Waals surface area contributed by atoms with Crippen molar-refractivity contribution in [3.05, 3.63) is 90.0 Å². The Morgan fingerprint density at radius 2 is 1.50 bits per heavy atom. The first-order chi connectivity index (χ1) is 16.4. The van der Waals surface area contributed by atoms with E-state index in [4.69, 9.17) is 9.94 Å². The molecule has 3 aromatic carbocycles. The molecule has 0 spiro atoms. The Kier molecular flexibility index (Phi) is 5.30. The molecule has 5 rings (SSSR count). The van der Waals surface area contributed by atoms with Gasteiger partial charge in [0.25, 0.3) is 5.91 Å². The average molecular weight is 457 g/mol. The van der Waals surface area contributed by atoms with Crippen molar-refractivity contribution in [2.45, 2.75) is 12.1 Å². The zero-order chi connectivity index (χ0) is 24.0. The van der Waals surface area contributed by atoms with Gasteiger partial charge < -0.3 is 10.0 Å². The van der Waals surface area contributed by atoms with Gasteiger partial charge in [0.15, 0.2) is 6.10 Å². The molecule has 2 saturated heterocycles. The molecule has 0 saturated carbocycles. The third-order valence-corrected chi connectivity index (χ3v) is 6.25. The minimum absolute atomic E-state index is 0.0772. The van der Waals surface area contributed by atoms with Crippen molar-refractivity contribution >= 4 is 34.8 Å². The number of para-hydroxylation sites is 1. The zero-order valence-corrected chi connectivity index (χ0v) is 18.7. The number of carbonyl (C=O) groups excluding carboxylic acids is 2. The van der Waals surface area contributed by atoms with Crippen LogP contribution in [0.1, 0.15) is 22.0 Å². The van der Waals surface area contributed by atoms with Crippen LogP contribution in [-0.2, 0) is 14.4 Å². The van der Waals surface area contributed by atoms with Crippen LogP contribution >= 0.6 is 0 Å². The highest BCUT2D eigenvalue weighted by molar-refractivity contribution is 6.24. The number of hydrogen-bond donors (Lipinski definition) is 1. The van der Waals surface area contributed by atoms with E-state index in [1.807, 2.05) is 73.6 Å². The molecule has 3 atom stereocenters. The number of benzene rings is 3. The number of amides is 2. The van der Waals surface area contributed by atoms with Crippen molar-refractivity contribution in [2.75, 3.05) is 29.0 Å². The summed E-state index contributed by atoms with van der Waals surface area (Å²) in [5, 5.41) is 10.8. The van der Waals surface area contributed by atoms with Crippen LogP contribution in [0.4, 0.5) is 17.1 Å². The fourth-order valence-electron chi connectivity index (χ4n) is 4.53. The van der Waals surface area contributed by atoms with E-state index in [-0.39, 0.29) is 11.5 Å². The normalized spacial score (nSPS) is 21.6. The van der Waals surface area contributed by atoms with E-state index in [9.17, 15) is 14.4 Å². The van der Waals surface area contributed by atoms with Crippen LogP contribution in [0.15, 0.2) is 78.9 Å². The number of hydrogen-bond acceptors (Lipinski definition) is 6. The molecule has 0 aliphatic carbocycles. The summed E-state index contributed by atoms with van der Waals surface area (Å²) in [5.41, 5.74) is 3.02. The molecule has 2 aliphatic rings. The average Bonchev–Trinajstić information content (AvgIpc) is 3.35. The van der Waals surface area contributed by atoms with Gasteiger partial charge in [-0.05, 0) is 54.1 Å². The van der Waals surface area contributed by atoms with E-state index in [2.05, 4.69) is 0 Å². The molecule has 0 bridgehead atoms. The topological polar surface area (TPSA) is 90.4 Å². The number of fused-ring (bicyclic) bond motifs is 1. The first kappa shape index (κ1) is 21.7. The van der Waals surface area contributed by atoms with E-state index in [1.54, 1.807) is 5.06 Å². The molecular weight excluding hydrogens is 434 g/mol. The summed E-state index contributed by atoms with van der Waals surface area (Å²) in [7, 11) is 3.90. The highest BCUT2D eigenvalue weighted by Crippen LogP contribution is 2.47. The Morgan fingerprint density at radius 1 is 0.853 bits per heavy atom. The SMILES string of the molecule is CN(C)c1ccc([C@H]2[C@@H]3C(=O)N(c4ccc(C(=O)O)cc4)C(=O)[C@@H]3ON2c2ccccc2)cc1. The standard InChI is InChI=1S/C26H23N3O5/c1-27(2)18-12-8-16(9-13-18)22-21-23(34-29(22)20-6-4-3-5-7-20)25(31)28(24(21)30)19-14-10-17(11-15-19)26(32)33/h3-15,21-23H,1-2H3,(H,32,33)/t21-,22-,23+/m0/s1. The molecule has 3 aromatic rings. The van der Waals surface area contributed by atoms with Crippen LogP contribution in [0, 0.1) is 5.92 Å². The Hall–Kier alpha value is -4.17. The predicted molar refractivity (Wildman–Crippen MR) is 127 cm³/mol. The number of carboxylic acids is 1. The minimum Gasteiger partial charge on any atom is -0.478 e. The summed E-state index contributed by atoms with van der Waals surface area (Å²) < 4.78 is 0. The molecule has 0 radical (unpaired) electrons. The van der Waals surface area contributed by atoms with Gasteiger partial charge in [0.1, 0.15) is 5.92 Å². The van der Waals surface area contributed by atoms with Crippen molar-refractivity contribution in [3.63, 3.8) is 0 Å². The third kappa shape index (κ3) is 3.48. The van der Waals surface area contributed by atoms with Crippen LogP contribution in [-0.4, -0.2) is 43.1 Å². The summed E-state index contributed by atoms with van der Waals surface area (Å²) in [6.07, 6.45) is -0.981. The maximum Gasteiger partial charge on any atom is 0.335 e. The van der Waals surface area contributed by atoms with Gasteiger partial charge >= 0.3 is 5.97 Å². The summed E-state index contributed by atoms with van der Waals surface area (Å²) in [6, 6.07) is 22.4. The molecular formula is C26H23N3O5. The summed E-state index contributed by atoms with van der Waals surface area (Å²) in [4.78, 5) is 47.4. The largest absolute Gasteiger partial charge is 0.478 e. The highest BCUT2D eigenvalue weighted by atomic mass is 16.7. The number of carbonyl (C=O) groups is 3. The van der Waals surface area contributed by atoms with Crippen LogP contribution in [0.3, 0.4) is 0 Å². The highest BCUT2D eigenvalue weighted by Gasteiger charge is 2.60. The third-order valence-electron chi connectivity index (χ3n) is 6.25. The molecule has 0 aromatic heterocycles. The Morgan fingerprint density at radius 3 is 2.09 bits per heavy atom. The zero-order valence-electron chi connectivity index (χ0n) is 18.7. The number of imide groups is 1. The summed E-state index contributed by atoms with van der Waals surface area (Å²) in [6.45, 7) is 0. The van der Waals surface area contributed by atoms with E-state index in [0.29, 0.717) is 5.69 Å². The first-order valence-electron chi connectivity index (χ1n) is 10.9. The molecule has 1 N–H and O–H groups in total. The molecule has 0 unspecified atom stereocenters. The molecule has 2 amide bonds. The van der Waals surface area contributed by atoms with Crippen LogP contribution in [0.5, 0.6) is 0 Å². The fourth-order valence-corrected chi connectivity index (χ4v) is 4.53. The van der Waals surface area contributed by atoms with E-state index in [0.717, 1.165) is 21.8 Å². The smallest absolute Gasteiger partial charge is 0.335 e. The molecule has 2 aliphatic heterocycles. The number of carboxylic acid groups (broad SMARTS) is 1. The number of nitrogens with zero attached hydrogens (tertiary/aromatic N) is 3. The lowest BCUT2D eigenvalue weighted by atomic mass is 9.90. The lowest BCUT2D eigenvalue weighted by molar-refractivity contribution is -0.126. The van der Waals surface area contributed by atoms with Crippen LogP contribution in [0.2, 0.25) is 0 Å². The molecule has 2 heterocycles. The minimum atomic E-state index is -1.08. The second-order valence-corrected chi connectivity index (χ2v) is 8.51. The fraction of sp³-hybridized carbons (Fsp3) is 0.192. The quantitative estimate of drug-likeness (QED) is 0.587. The van der Waals surface area contributed by atoms with Gasteiger partial charge in [-0.2, -0.15) is 0 Å². The molecule has 2 fully saturated rings. The molecule has 8 heteroatoms. The van der Waals surface area contributed by atoms with Gasteiger partial charge in [0, 0.05) is 19.8 Å². The van der Waals surface area contributed by atoms with Crippen LogP contribution in [0.25, 0.3) is 0 Å². The maximum atomic E-state index is 13.6. The number of rotatable bonds is 5. The number of hydroxylamine groups is 1. The van der Waals surface area contributed by atoms with Gasteiger partial charge in [0.2, 0.25) is 5.91 Å². The van der Waals surface area contributed by atoms with Crippen molar-refractivity contribution in [1.82, 2.24) is 0 Å². The van der Waals surface area contributed by atoms with Crippen molar-refractivity contribution in [3.8, 4) is 0 Å². The van der Waals surface area contributed by atoms with Crippen LogP contribution < -0.4 is 14.9 Å². The molecule has 8 nitrogen and oxygen atoms in total. The van der Waals surface area contributed by atoms with Crippen molar-refractivity contribution in [1.29, 1.82) is 0 Å². The second-order valence-electron chi connectivity index (χ2n) is 8.51. The number of anilines is 3. The van der Waals surface area contributed by atoms with Gasteiger partial charge in [-0.1, -0.05) is 30.3 Å². The maximum absolute atomic E-state index is 13.6. The number of aromatic carboxylic acids is 1. The van der Waals surface area contributed by atoms with Gasteiger partial charge in [-0.15, -0.1) is 0 Å². The summed E-state index contributed by atoms with van der Waals surface area (Å²) in [5.74, 6) is -2.67. The van der Waals surface area contributed by atoms with Crippen molar-refractivity contribution in [2.24, 2.45) is 5.92 Å². The Labute approximate surface area is 196 Å². The van der Waals surface area contributed by atoms with E-state index < -0.39 is 29.9 Å². The lowest BCUT2D eigenvalue weighted by Gasteiger charge is -2.29. The lowest BCUT2D eigenvalue weighted by Crippen LogP contribution is -2.37. The first-order valence-corrected chi connectivity index (χ1v) is 10.9. The Bertz CT molecular complexity index is 1240. The summed E-state index contributed by atoms with van der Waals surface area (Å²) >= 11 is 0. The second kappa shape index (κ2) is 8.31. The Balaban J connectivity index is 1.54. The monoisotopic (exact) mass is 457 g/mol. The molecule has 34 heavy (non-hydrogen) atoms. The predicted octanol–water partition coefficient (Wildman–Crippen LogP) is 3.50. The molecule has 172 valence electrons.